The summed E-state index contributed by atoms with van der Waals surface area (Å²) in [6.07, 6.45) is 0. The van der Waals surface area contributed by atoms with Gasteiger partial charge in [0, 0.05) is 26.1 Å². The molecule has 0 unspecified atom stereocenters. The summed E-state index contributed by atoms with van der Waals surface area (Å²) in [5.74, 6) is 0.799. The molecule has 0 aliphatic heterocycles. The average molecular weight is 466 g/mol. The van der Waals surface area contributed by atoms with Crippen LogP contribution >= 0.6 is 15.9 Å². The average Bonchev–Trinajstić information content (AvgIpc) is 3.31. The van der Waals surface area contributed by atoms with E-state index in [0.717, 1.165) is 21.4 Å². The highest BCUT2D eigenvalue weighted by Gasteiger charge is 2.20. The summed E-state index contributed by atoms with van der Waals surface area (Å²) in [5, 5.41) is 12.5. The molecule has 0 fully saturated rings. The van der Waals surface area contributed by atoms with E-state index in [9.17, 15) is 4.79 Å². The number of benzene rings is 2. The molecule has 152 valence electrons. The number of nitrogens with zero attached hydrogens (tertiary/aromatic N) is 5. The molecule has 4 aromatic rings. The van der Waals surface area contributed by atoms with Crippen LogP contribution in [-0.2, 0) is 6.54 Å². The Labute approximate surface area is 182 Å². The number of aryl methyl sites for hydroxylation is 1. The topological polar surface area (TPSA) is 77.1 Å². The van der Waals surface area contributed by atoms with Gasteiger partial charge < -0.3 is 9.32 Å². The van der Waals surface area contributed by atoms with Gasteiger partial charge in [0.15, 0.2) is 5.69 Å². The lowest BCUT2D eigenvalue weighted by molar-refractivity contribution is 0.0785. The molecule has 2 heterocycles. The lowest BCUT2D eigenvalue weighted by Crippen LogP contribution is -2.26. The summed E-state index contributed by atoms with van der Waals surface area (Å²) in [6, 6.07) is 17.3. The molecule has 2 aromatic carbocycles. The van der Waals surface area contributed by atoms with Gasteiger partial charge in [-0.3, -0.25) is 4.79 Å². The molecule has 30 heavy (non-hydrogen) atoms. The monoisotopic (exact) mass is 465 g/mol. The fourth-order valence-electron chi connectivity index (χ4n) is 3.16. The molecule has 4 rings (SSSR count). The third-order valence-electron chi connectivity index (χ3n) is 4.74. The predicted octanol–water partition coefficient (Wildman–Crippen LogP) is 4.57. The maximum absolute atomic E-state index is 12.8. The maximum atomic E-state index is 12.8. The second-order valence-electron chi connectivity index (χ2n) is 6.98. The first-order valence-electron chi connectivity index (χ1n) is 9.39. The Kier molecular flexibility index (Phi) is 5.50. The van der Waals surface area contributed by atoms with Gasteiger partial charge >= 0.3 is 0 Å². The number of carbonyl (C=O) groups excluding carboxylic acids is 1. The van der Waals surface area contributed by atoms with Gasteiger partial charge in [-0.1, -0.05) is 30.3 Å². The van der Waals surface area contributed by atoms with Gasteiger partial charge in [0.1, 0.15) is 0 Å². The van der Waals surface area contributed by atoms with Crippen LogP contribution in [-0.4, -0.2) is 37.8 Å². The smallest absolute Gasteiger partial charge is 0.269 e. The van der Waals surface area contributed by atoms with Crippen molar-refractivity contribution in [1.29, 1.82) is 0 Å². The standard InChI is InChI=1S/C22H20BrN5O2/c1-14-19(23)20(21-25-24-15(2)30-21)26-28(14)18-11-9-17(10-12-18)22(29)27(3)13-16-7-5-4-6-8-16/h4-12H,13H2,1-3H3. The van der Waals surface area contributed by atoms with Crippen LogP contribution in [0.15, 0.2) is 63.5 Å². The molecule has 0 aliphatic carbocycles. The molecule has 0 saturated heterocycles. The van der Waals surface area contributed by atoms with E-state index >= 15 is 0 Å². The van der Waals surface area contributed by atoms with Crippen LogP contribution in [0.2, 0.25) is 0 Å². The van der Waals surface area contributed by atoms with Crippen LogP contribution in [0.3, 0.4) is 0 Å². The number of hydrogen-bond donors (Lipinski definition) is 0. The van der Waals surface area contributed by atoms with E-state index in [2.05, 4.69) is 31.2 Å². The highest BCUT2D eigenvalue weighted by atomic mass is 79.9. The Morgan fingerprint density at radius 3 is 2.40 bits per heavy atom. The normalized spacial score (nSPS) is 10.9. The first-order chi connectivity index (χ1) is 14.4. The zero-order valence-corrected chi connectivity index (χ0v) is 18.4. The van der Waals surface area contributed by atoms with E-state index < -0.39 is 0 Å². The van der Waals surface area contributed by atoms with E-state index in [0.29, 0.717) is 29.6 Å². The zero-order chi connectivity index (χ0) is 21.3. The summed E-state index contributed by atoms with van der Waals surface area (Å²) >= 11 is 3.56. The number of hydrogen-bond acceptors (Lipinski definition) is 5. The molecule has 0 radical (unpaired) electrons. The van der Waals surface area contributed by atoms with Crippen LogP contribution in [0.4, 0.5) is 0 Å². The van der Waals surface area contributed by atoms with Gasteiger partial charge in [0.05, 0.1) is 15.9 Å². The van der Waals surface area contributed by atoms with Gasteiger partial charge in [0.25, 0.3) is 11.8 Å². The second kappa shape index (κ2) is 8.23. The van der Waals surface area contributed by atoms with Gasteiger partial charge in [-0.2, -0.15) is 5.10 Å². The largest absolute Gasteiger partial charge is 0.420 e. The van der Waals surface area contributed by atoms with E-state index in [1.807, 2.05) is 61.5 Å². The number of halogens is 1. The molecule has 0 N–H and O–H groups in total. The molecule has 2 aromatic heterocycles. The van der Waals surface area contributed by atoms with Crippen molar-refractivity contribution in [2.75, 3.05) is 7.05 Å². The van der Waals surface area contributed by atoms with Crippen LogP contribution in [0.5, 0.6) is 0 Å². The summed E-state index contributed by atoms with van der Waals surface area (Å²) < 4.78 is 8.07. The number of amides is 1. The quantitative estimate of drug-likeness (QED) is 0.431. The fourth-order valence-corrected chi connectivity index (χ4v) is 3.58. The van der Waals surface area contributed by atoms with Crippen molar-refractivity contribution in [2.24, 2.45) is 0 Å². The zero-order valence-electron chi connectivity index (χ0n) is 16.8. The van der Waals surface area contributed by atoms with Crippen LogP contribution < -0.4 is 0 Å². The van der Waals surface area contributed by atoms with Crippen molar-refractivity contribution in [2.45, 2.75) is 20.4 Å². The second-order valence-corrected chi connectivity index (χ2v) is 7.77. The van der Waals surface area contributed by atoms with Crippen molar-refractivity contribution < 1.29 is 9.21 Å². The molecule has 7 nitrogen and oxygen atoms in total. The van der Waals surface area contributed by atoms with Crippen LogP contribution in [0, 0.1) is 13.8 Å². The Bertz CT molecular complexity index is 1180. The highest BCUT2D eigenvalue weighted by Crippen LogP contribution is 2.30. The summed E-state index contributed by atoms with van der Waals surface area (Å²) in [6.45, 7) is 4.23. The van der Waals surface area contributed by atoms with E-state index in [1.165, 1.54) is 0 Å². The first-order valence-corrected chi connectivity index (χ1v) is 10.2. The molecule has 0 aliphatic rings. The van der Waals surface area contributed by atoms with Crippen LogP contribution in [0.25, 0.3) is 17.3 Å². The predicted molar refractivity (Wildman–Crippen MR) is 116 cm³/mol. The number of carbonyl (C=O) groups is 1. The minimum atomic E-state index is -0.0363. The number of rotatable bonds is 5. The fraction of sp³-hybridized carbons (Fsp3) is 0.182. The molecule has 8 heteroatoms. The molecule has 0 atom stereocenters. The minimum Gasteiger partial charge on any atom is -0.420 e. The molecule has 0 bridgehead atoms. The van der Waals surface area contributed by atoms with E-state index in [-0.39, 0.29) is 5.91 Å². The van der Waals surface area contributed by atoms with Crippen molar-refractivity contribution >= 4 is 21.8 Å². The Hall–Kier alpha value is -3.26. The third kappa shape index (κ3) is 3.91. The van der Waals surface area contributed by atoms with Crippen molar-refractivity contribution in [3.05, 3.63) is 81.8 Å². The lowest BCUT2D eigenvalue weighted by atomic mass is 10.1. The van der Waals surface area contributed by atoms with Crippen molar-refractivity contribution in [3.63, 3.8) is 0 Å². The number of aromatic nitrogens is 4. The van der Waals surface area contributed by atoms with Gasteiger partial charge in [-0.25, -0.2) is 4.68 Å². The summed E-state index contributed by atoms with van der Waals surface area (Å²) in [7, 11) is 1.80. The molecule has 1 amide bonds. The minimum absolute atomic E-state index is 0.0363. The Morgan fingerprint density at radius 1 is 1.07 bits per heavy atom. The van der Waals surface area contributed by atoms with Gasteiger partial charge in [0.2, 0.25) is 5.89 Å². The molecule has 0 saturated carbocycles. The van der Waals surface area contributed by atoms with E-state index in [4.69, 9.17) is 4.42 Å². The van der Waals surface area contributed by atoms with E-state index in [1.54, 1.807) is 23.6 Å². The molecule has 0 spiro atoms. The Balaban J connectivity index is 1.56. The first kappa shape index (κ1) is 20.0. The van der Waals surface area contributed by atoms with Crippen LogP contribution in [0.1, 0.15) is 27.5 Å². The lowest BCUT2D eigenvalue weighted by Gasteiger charge is -2.17. The molecular weight excluding hydrogens is 446 g/mol. The third-order valence-corrected chi connectivity index (χ3v) is 5.69. The highest BCUT2D eigenvalue weighted by molar-refractivity contribution is 9.10. The van der Waals surface area contributed by atoms with Crippen molar-refractivity contribution in [1.82, 2.24) is 24.9 Å². The summed E-state index contributed by atoms with van der Waals surface area (Å²) in [4.78, 5) is 14.5. The SMILES string of the molecule is Cc1nnc(-c2nn(-c3ccc(C(=O)N(C)Cc4ccccc4)cc3)c(C)c2Br)o1. The van der Waals surface area contributed by atoms with Gasteiger partial charge in [-0.15, -0.1) is 10.2 Å². The molecular formula is C22H20BrN5O2. The Morgan fingerprint density at radius 2 is 1.77 bits per heavy atom. The van der Waals surface area contributed by atoms with Crippen molar-refractivity contribution in [3.8, 4) is 17.3 Å². The van der Waals surface area contributed by atoms with Gasteiger partial charge in [-0.05, 0) is 52.7 Å². The summed E-state index contributed by atoms with van der Waals surface area (Å²) in [5.41, 5.74) is 4.01. The maximum Gasteiger partial charge on any atom is 0.269 e.